The monoisotopic (exact) mass is 829 g/mol. The van der Waals surface area contributed by atoms with Gasteiger partial charge in [-0.25, -0.2) is 4.79 Å². The number of hydrogen-bond acceptors (Lipinski definition) is 8. The third kappa shape index (κ3) is 14.7. The zero-order valence-electron chi connectivity index (χ0n) is 37.5. The summed E-state index contributed by atoms with van der Waals surface area (Å²) in [5, 5.41) is 17.9. The Morgan fingerprint density at radius 3 is 2.12 bits per heavy atom. The van der Waals surface area contributed by atoms with Crippen LogP contribution in [0.4, 0.5) is 4.79 Å². The fourth-order valence-electron chi connectivity index (χ4n) is 9.31. The molecule has 0 bridgehead atoms. The molecule has 5 atom stereocenters. The quantitative estimate of drug-likeness (QED) is 0.0840. The van der Waals surface area contributed by atoms with Crippen LogP contribution in [0, 0.1) is 29.6 Å². The number of Topliss-reactive ketones (excluding diaryl/α,β-unsaturated/α-hetero) is 2. The molecule has 0 saturated carbocycles. The molecule has 11 nitrogen and oxygen atoms in total. The molecule has 2 saturated heterocycles. The molecule has 2 aromatic carbocycles. The maximum atomic E-state index is 14.2. The lowest BCUT2D eigenvalue weighted by atomic mass is 9.73. The molecule has 0 aliphatic carbocycles. The second kappa shape index (κ2) is 22.5. The van der Waals surface area contributed by atoms with Crippen LogP contribution >= 0.6 is 0 Å². The molecule has 330 valence electrons. The minimum Gasteiger partial charge on any atom is -0.445 e. The van der Waals surface area contributed by atoms with Crippen molar-refractivity contribution in [3.63, 3.8) is 0 Å². The van der Waals surface area contributed by atoms with E-state index in [2.05, 4.69) is 37.5 Å². The number of rotatable bonds is 21. The molecule has 3 amide bonds. The predicted molar refractivity (Wildman–Crippen MR) is 235 cm³/mol. The summed E-state index contributed by atoms with van der Waals surface area (Å²) in [6.45, 7) is 16.9. The first-order valence-corrected chi connectivity index (χ1v) is 22.2. The number of alkyl carbamates (subject to hydrolysis) is 1. The standard InChI is InChI=1S/C49H72N4O7/c1-34(2)27-35(3)23-24-40(29-37-17-11-9-12-18-37)46(57)52-26-16-22-42(52)44(55)28-36(4)45(56)51-41(21-15-25-50-47(58)60-33-38-19-13-10-14-20-38)43(54)30-39-31-48(5,6)53(59)49(7,8)32-39/h9-14,17-20,23-24,34-36,39-42,59H,15-16,21-22,25-33H2,1-8H3,(H,50,58)(H,51,56)/b24-23+/t35-,36-,40-,41+,42+/m1/s1. The number of nitrogens with one attached hydrogen (secondary N) is 2. The van der Waals surface area contributed by atoms with Gasteiger partial charge >= 0.3 is 6.09 Å². The molecule has 3 N–H and O–H groups in total. The van der Waals surface area contributed by atoms with Gasteiger partial charge in [-0.2, -0.15) is 5.06 Å². The minimum absolute atomic E-state index is 0.0136. The van der Waals surface area contributed by atoms with E-state index in [0.717, 1.165) is 17.5 Å². The average Bonchev–Trinajstić information content (AvgIpc) is 3.69. The maximum Gasteiger partial charge on any atom is 0.407 e. The van der Waals surface area contributed by atoms with Gasteiger partial charge in [-0.15, -0.1) is 0 Å². The first-order valence-electron chi connectivity index (χ1n) is 22.2. The SMILES string of the molecule is CC(C)C[C@H](C)/C=C/[C@H](Cc1ccccc1)C(=O)N1CCC[C@H]1C(=O)C[C@@H](C)C(=O)N[C@@H](CCCNC(=O)OCc1ccccc1)C(=O)CC1CC(C)(C)N(O)C(C)(C)C1. The van der Waals surface area contributed by atoms with Crippen LogP contribution in [0.3, 0.4) is 0 Å². The molecule has 0 radical (unpaired) electrons. The van der Waals surface area contributed by atoms with Gasteiger partial charge in [0.1, 0.15) is 6.61 Å². The minimum atomic E-state index is -0.830. The van der Waals surface area contributed by atoms with Gasteiger partial charge in [-0.3, -0.25) is 19.2 Å². The fourth-order valence-corrected chi connectivity index (χ4v) is 9.31. The van der Waals surface area contributed by atoms with Gasteiger partial charge < -0.3 is 25.5 Å². The Labute approximate surface area is 359 Å². The van der Waals surface area contributed by atoms with Gasteiger partial charge in [0, 0.05) is 42.9 Å². The summed E-state index contributed by atoms with van der Waals surface area (Å²) in [6.07, 6.45) is 8.46. The van der Waals surface area contributed by atoms with E-state index in [1.165, 1.54) is 5.06 Å². The van der Waals surface area contributed by atoms with Crippen molar-refractivity contribution in [2.45, 2.75) is 149 Å². The van der Waals surface area contributed by atoms with Crippen LogP contribution < -0.4 is 10.6 Å². The number of hydroxylamine groups is 2. The van der Waals surface area contributed by atoms with Gasteiger partial charge in [0.25, 0.3) is 0 Å². The lowest BCUT2D eigenvalue weighted by molar-refractivity contribution is -0.251. The van der Waals surface area contributed by atoms with Crippen molar-refractivity contribution in [2.75, 3.05) is 13.1 Å². The topological polar surface area (TPSA) is 145 Å². The van der Waals surface area contributed by atoms with Crippen molar-refractivity contribution < 1.29 is 33.9 Å². The lowest BCUT2D eigenvalue weighted by Gasteiger charge is -2.51. The number of hydrogen-bond donors (Lipinski definition) is 3. The summed E-state index contributed by atoms with van der Waals surface area (Å²) in [6, 6.07) is 17.9. The van der Waals surface area contributed by atoms with Gasteiger partial charge in [0.2, 0.25) is 11.8 Å². The van der Waals surface area contributed by atoms with Crippen molar-refractivity contribution in [3.8, 4) is 0 Å². The predicted octanol–water partition coefficient (Wildman–Crippen LogP) is 8.48. The van der Waals surface area contributed by atoms with E-state index in [0.29, 0.717) is 56.9 Å². The average molecular weight is 829 g/mol. The first kappa shape index (κ1) is 48.3. The molecule has 2 aliphatic heterocycles. The fraction of sp³-hybridized carbons (Fsp3) is 0.612. The van der Waals surface area contributed by atoms with Crippen LogP contribution in [0.2, 0.25) is 0 Å². The second-order valence-electron chi connectivity index (χ2n) is 19.1. The van der Waals surface area contributed by atoms with Gasteiger partial charge in [0.15, 0.2) is 11.6 Å². The van der Waals surface area contributed by atoms with Crippen molar-refractivity contribution in [1.82, 2.24) is 20.6 Å². The van der Waals surface area contributed by atoms with Gasteiger partial charge in [-0.1, -0.05) is 101 Å². The van der Waals surface area contributed by atoms with Crippen molar-refractivity contribution in [2.24, 2.45) is 29.6 Å². The number of amides is 3. The summed E-state index contributed by atoms with van der Waals surface area (Å²) in [5.74, 6) is -1.06. The third-order valence-corrected chi connectivity index (χ3v) is 12.1. The number of ether oxygens (including phenoxy) is 1. The largest absolute Gasteiger partial charge is 0.445 e. The van der Waals surface area contributed by atoms with Gasteiger partial charge in [-0.05, 0) is 108 Å². The number of nitrogens with zero attached hydrogens (tertiary/aromatic N) is 2. The second-order valence-corrected chi connectivity index (χ2v) is 19.1. The Morgan fingerprint density at radius 1 is 0.883 bits per heavy atom. The van der Waals surface area contributed by atoms with Crippen molar-refractivity contribution in [1.29, 1.82) is 0 Å². The van der Waals surface area contributed by atoms with Crippen LogP contribution in [0.1, 0.15) is 124 Å². The molecule has 2 fully saturated rings. The van der Waals surface area contributed by atoms with E-state index in [4.69, 9.17) is 4.74 Å². The highest BCUT2D eigenvalue weighted by atomic mass is 16.5. The molecule has 60 heavy (non-hydrogen) atoms. The molecule has 11 heteroatoms. The Hall–Kier alpha value is -4.35. The molecule has 0 spiro atoms. The first-order chi connectivity index (χ1) is 28.4. The van der Waals surface area contributed by atoms with E-state index in [1.807, 2.05) is 94.4 Å². The van der Waals surface area contributed by atoms with Crippen LogP contribution in [-0.2, 0) is 36.9 Å². The third-order valence-electron chi connectivity index (χ3n) is 12.1. The normalized spacial score (nSPS) is 20.0. The highest BCUT2D eigenvalue weighted by Crippen LogP contribution is 2.41. The Balaban J connectivity index is 1.40. The van der Waals surface area contributed by atoms with Crippen LogP contribution in [-0.4, -0.2) is 80.9 Å². The number of likely N-dealkylation sites (tertiary alicyclic amines) is 1. The smallest absolute Gasteiger partial charge is 0.407 e. The Kier molecular flexibility index (Phi) is 18.1. The summed E-state index contributed by atoms with van der Waals surface area (Å²) in [5.41, 5.74) is 0.845. The molecular formula is C49H72N4O7. The Morgan fingerprint density at radius 2 is 1.50 bits per heavy atom. The van der Waals surface area contributed by atoms with E-state index >= 15 is 0 Å². The molecular weight excluding hydrogens is 757 g/mol. The number of benzene rings is 2. The van der Waals surface area contributed by atoms with E-state index in [9.17, 15) is 29.2 Å². The van der Waals surface area contributed by atoms with Gasteiger partial charge in [0.05, 0.1) is 18.0 Å². The molecule has 0 aromatic heterocycles. The van der Waals surface area contributed by atoms with E-state index in [-0.39, 0.29) is 55.8 Å². The van der Waals surface area contributed by atoms with Crippen molar-refractivity contribution >= 4 is 29.5 Å². The molecule has 2 aliphatic rings. The number of ketones is 2. The zero-order chi connectivity index (χ0) is 44.0. The van der Waals surface area contributed by atoms with E-state index < -0.39 is 47.0 Å². The number of piperidine rings is 1. The van der Waals surface area contributed by atoms with E-state index in [1.54, 1.807) is 11.8 Å². The van der Waals surface area contributed by atoms with Crippen LogP contribution in [0.25, 0.3) is 0 Å². The summed E-state index contributed by atoms with van der Waals surface area (Å²) in [4.78, 5) is 70.2. The molecule has 0 unspecified atom stereocenters. The van der Waals surface area contributed by atoms with Crippen molar-refractivity contribution in [3.05, 3.63) is 83.9 Å². The molecule has 2 heterocycles. The highest BCUT2D eigenvalue weighted by Gasteiger charge is 2.46. The molecule has 2 aromatic rings. The zero-order valence-corrected chi connectivity index (χ0v) is 37.5. The summed E-state index contributed by atoms with van der Waals surface area (Å²) in [7, 11) is 0. The summed E-state index contributed by atoms with van der Waals surface area (Å²) < 4.78 is 5.33. The molecule has 4 rings (SSSR count). The lowest BCUT2D eigenvalue weighted by Crippen LogP contribution is -2.59. The number of carbonyl (C=O) groups is 5. The highest BCUT2D eigenvalue weighted by molar-refractivity contribution is 5.95. The van der Waals surface area contributed by atoms with Crippen LogP contribution in [0.15, 0.2) is 72.8 Å². The summed E-state index contributed by atoms with van der Waals surface area (Å²) >= 11 is 0. The maximum absolute atomic E-state index is 14.2. The number of carbonyl (C=O) groups excluding carboxylic acids is 5. The van der Waals surface area contributed by atoms with Crippen LogP contribution in [0.5, 0.6) is 0 Å². The number of allylic oxidation sites excluding steroid dienone is 1. The Bertz CT molecular complexity index is 1730.